The summed E-state index contributed by atoms with van der Waals surface area (Å²) >= 11 is 5.89. The van der Waals surface area contributed by atoms with E-state index in [1.54, 1.807) is 26.0 Å². The van der Waals surface area contributed by atoms with Gasteiger partial charge in [0, 0.05) is 10.6 Å². The van der Waals surface area contributed by atoms with E-state index >= 15 is 0 Å². The minimum absolute atomic E-state index is 0.0697. The van der Waals surface area contributed by atoms with Gasteiger partial charge in [-0.3, -0.25) is 0 Å². The van der Waals surface area contributed by atoms with Crippen molar-refractivity contribution in [1.29, 1.82) is 0 Å². The fraction of sp³-hybridized carbons (Fsp3) is 0.400. The molecule has 0 fully saturated rings. The summed E-state index contributed by atoms with van der Waals surface area (Å²) < 4.78 is 0. The summed E-state index contributed by atoms with van der Waals surface area (Å²) in [4.78, 5) is 0. The van der Waals surface area contributed by atoms with Crippen LogP contribution in [0.3, 0.4) is 0 Å². The number of hydrogen-bond acceptors (Lipinski definition) is 3. The van der Waals surface area contributed by atoms with Crippen molar-refractivity contribution in [2.24, 2.45) is 5.73 Å². The third-order valence-corrected chi connectivity index (χ3v) is 2.59. The van der Waals surface area contributed by atoms with Gasteiger partial charge in [-0.2, -0.15) is 0 Å². The number of aliphatic hydroxyl groups is 1. The Morgan fingerprint density at radius 3 is 2.50 bits per heavy atom. The van der Waals surface area contributed by atoms with Crippen LogP contribution < -0.4 is 5.73 Å². The molecule has 0 spiro atoms. The van der Waals surface area contributed by atoms with Gasteiger partial charge in [0.25, 0.3) is 0 Å². The van der Waals surface area contributed by atoms with Crippen LogP contribution in [0.15, 0.2) is 12.1 Å². The molecule has 0 unspecified atom stereocenters. The monoisotopic (exact) mass is 215 g/mol. The van der Waals surface area contributed by atoms with E-state index in [1.807, 2.05) is 0 Å². The van der Waals surface area contributed by atoms with Gasteiger partial charge in [-0.25, -0.2) is 0 Å². The van der Waals surface area contributed by atoms with Crippen molar-refractivity contribution in [3.05, 3.63) is 28.3 Å². The first-order valence-corrected chi connectivity index (χ1v) is 4.74. The van der Waals surface area contributed by atoms with Crippen LogP contribution in [-0.2, 0) is 0 Å². The number of hydrogen-bond donors (Lipinski definition) is 3. The first-order valence-electron chi connectivity index (χ1n) is 4.36. The van der Waals surface area contributed by atoms with Crippen LogP contribution in [0.4, 0.5) is 0 Å². The maximum Gasteiger partial charge on any atom is 0.120 e. The van der Waals surface area contributed by atoms with Gasteiger partial charge in [-0.1, -0.05) is 11.6 Å². The Hall–Kier alpha value is -0.770. The summed E-state index contributed by atoms with van der Waals surface area (Å²) in [6.45, 7) is 3.36. The minimum Gasteiger partial charge on any atom is -0.508 e. The van der Waals surface area contributed by atoms with E-state index in [9.17, 15) is 10.2 Å². The molecule has 1 aromatic carbocycles. The molecule has 0 aliphatic carbocycles. The van der Waals surface area contributed by atoms with Crippen molar-refractivity contribution in [1.82, 2.24) is 0 Å². The Balaban J connectivity index is 3.15. The summed E-state index contributed by atoms with van der Waals surface area (Å²) in [7, 11) is 0. The second-order valence-electron chi connectivity index (χ2n) is 3.43. The van der Waals surface area contributed by atoms with E-state index in [4.69, 9.17) is 17.3 Å². The molecule has 0 saturated carbocycles. The number of aromatic hydroxyl groups is 1. The molecule has 78 valence electrons. The second-order valence-corrected chi connectivity index (χ2v) is 3.83. The zero-order valence-corrected chi connectivity index (χ0v) is 8.92. The van der Waals surface area contributed by atoms with Crippen molar-refractivity contribution in [3.63, 3.8) is 0 Å². The van der Waals surface area contributed by atoms with Crippen molar-refractivity contribution in [2.45, 2.75) is 26.0 Å². The smallest absolute Gasteiger partial charge is 0.120 e. The van der Waals surface area contributed by atoms with E-state index in [-0.39, 0.29) is 5.75 Å². The summed E-state index contributed by atoms with van der Waals surface area (Å²) in [6.07, 6.45) is -0.723. The van der Waals surface area contributed by atoms with Crippen molar-refractivity contribution in [2.75, 3.05) is 0 Å². The SMILES string of the molecule is Cc1cc(O)c([C@@H](N)[C@@H](C)O)cc1Cl. The molecule has 1 rings (SSSR count). The number of nitrogens with two attached hydrogens (primary N) is 1. The van der Waals surface area contributed by atoms with Gasteiger partial charge in [-0.15, -0.1) is 0 Å². The topological polar surface area (TPSA) is 66.5 Å². The Morgan fingerprint density at radius 2 is 2.00 bits per heavy atom. The quantitative estimate of drug-likeness (QED) is 0.704. The normalized spacial score (nSPS) is 15.2. The lowest BCUT2D eigenvalue weighted by molar-refractivity contribution is 0.163. The maximum absolute atomic E-state index is 9.59. The van der Waals surface area contributed by atoms with Crippen molar-refractivity contribution >= 4 is 11.6 Å². The Morgan fingerprint density at radius 1 is 1.43 bits per heavy atom. The second kappa shape index (κ2) is 4.17. The summed E-state index contributed by atoms with van der Waals surface area (Å²) in [5.74, 6) is 0.0697. The Kier molecular flexibility index (Phi) is 3.37. The van der Waals surface area contributed by atoms with E-state index < -0.39 is 12.1 Å². The van der Waals surface area contributed by atoms with Gasteiger partial charge < -0.3 is 15.9 Å². The number of rotatable bonds is 2. The molecular formula is C10H14ClNO2. The highest BCUT2D eigenvalue weighted by Gasteiger charge is 2.17. The minimum atomic E-state index is -0.723. The highest BCUT2D eigenvalue weighted by Crippen LogP contribution is 2.30. The van der Waals surface area contributed by atoms with Crippen LogP contribution in [-0.4, -0.2) is 16.3 Å². The van der Waals surface area contributed by atoms with E-state index in [2.05, 4.69) is 0 Å². The fourth-order valence-electron chi connectivity index (χ4n) is 1.21. The van der Waals surface area contributed by atoms with Gasteiger partial charge in [0.05, 0.1) is 12.1 Å². The lowest BCUT2D eigenvalue weighted by Gasteiger charge is -2.17. The van der Waals surface area contributed by atoms with E-state index in [0.717, 1.165) is 5.56 Å². The average Bonchev–Trinajstić information content (AvgIpc) is 2.10. The molecule has 0 heterocycles. The number of phenolic OH excluding ortho intramolecular Hbond substituents is 1. The molecule has 0 aliphatic rings. The summed E-state index contributed by atoms with van der Waals surface area (Å²) in [5.41, 5.74) is 6.94. The molecule has 0 radical (unpaired) electrons. The first-order chi connectivity index (χ1) is 6.43. The molecule has 4 heteroatoms. The van der Waals surface area contributed by atoms with Crippen LogP contribution in [0.2, 0.25) is 5.02 Å². The summed E-state index contributed by atoms with van der Waals surface area (Å²) in [6, 6.07) is 2.51. The van der Waals surface area contributed by atoms with Gasteiger partial charge in [0.1, 0.15) is 5.75 Å². The van der Waals surface area contributed by atoms with Gasteiger partial charge in [0.15, 0.2) is 0 Å². The molecule has 0 saturated heterocycles. The van der Waals surface area contributed by atoms with Crippen LogP contribution >= 0.6 is 11.6 Å². The predicted molar refractivity (Wildman–Crippen MR) is 56.5 cm³/mol. The molecule has 4 N–H and O–H groups in total. The fourth-order valence-corrected chi connectivity index (χ4v) is 1.38. The molecule has 1 aromatic rings. The number of phenols is 1. The van der Waals surface area contributed by atoms with Crippen LogP contribution in [0.1, 0.15) is 24.1 Å². The third-order valence-electron chi connectivity index (χ3n) is 2.19. The van der Waals surface area contributed by atoms with Gasteiger partial charge in [0.2, 0.25) is 0 Å². The van der Waals surface area contributed by atoms with Crippen LogP contribution in [0.25, 0.3) is 0 Å². The van der Waals surface area contributed by atoms with Crippen LogP contribution in [0.5, 0.6) is 5.75 Å². The molecule has 0 amide bonds. The molecule has 0 aliphatic heterocycles. The molecular weight excluding hydrogens is 202 g/mol. The van der Waals surface area contributed by atoms with Crippen molar-refractivity contribution < 1.29 is 10.2 Å². The lowest BCUT2D eigenvalue weighted by atomic mass is 10.0. The first kappa shape index (κ1) is 11.3. The molecule has 14 heavy (non-hydrogen) atoms. The van der Waals surface area contributed by atoms with E-state index in [0.29, 0.717) is 10.6 Å². The van der Waals surface area contributed by atoms with Gasteiger partial charge in [-0.05, 0) is 31.5 Å². The van der Waals surface area contributed by atoms with E-state index in [1.165, 1.54) is 0 Å². The molecule has 2 atom stereocenters. The Labute approximate surface area is 88.1 Å². The summed E-state index contributed by atoms with van der Waals surface area (Å²) in [5, 5.41) is 19.4. The number of aryl methyl sites for hydroxylation is 1. The highest BCUT2D eigenvalue weighted by molar-refractivity contribution is 6.31. The van der Waals surface area contributed by atoms with Gasteiger partial charge >= 0.3 is 0 Å². The predicted octanol–water partition coefficient (Wildman–Crippen LogP) is 1.73. The standard InChI is InChI=1S/C10H14ClNO2/c1-5-3-9(14)7(4-8(5)11)10(12)6(2)13/h3-4,6,10,13-14H,12H2,1-2H3/t6-,10+/m1/s1. The molecule has 0 aromatic heterocycles. The molecule has 0 bridgehead atoms. The largest absolute Gasteiger partial charge is 0.508 e. The average molecular weight is 216 g/mol. The maximum atomic E-state index is 9.59. The van der Waals surface area contributed by atoms with Crippen molar-refractivity contribution in [3.8, 4) is 5.75 Å². The highest BCUT2D eigenvalue weighted by atomic mass is 35.5. The molecule has 3 nitrogen and oxygen atoms in total. The number of aliphatic hydroxyl groups excluding tert-OH is 1. The Bertz CT molecular complexity index is 339. The zero-order chi connectivity index (χ0) is 10.9. The lowest BCUT2D eigenvalue weighted by Crippen LogP contribution is -2.23. The number of halogens is 1. The van der Waals surface area contributed by atoms with Crippen LogP contribution in [0, 0.1) is 6.92 Å². The zero-order valence-electron chi connectivity index (χ0n) is 8.16. The third kappa shape index (κ3) is 2.18. The number of benzene rings is 1.